The van der Waals surface area contributed by atoms with Crippen LogP contribution in [0.25, 0.3) is 0 Å². The zero-order chi connectivity index (χ0) is 16.2. The molecule has 1 saturated heterocycles. The second-order valence-corrected chi connectivity index (χ2v) is 8.17. The largest absolute Gasteiger partial charge is 0.351 e. The van der Waals surface area contributed by atoms with Crippen molar-refractivity contribution in [3.63, 3.8) is 0 Å². The van der Waals surface area contributed by atoms with Crippen molar-refractivity contribution in [3.05, 3.63) is 34.3 Å². The molecule has 0 radical (unpaired) electrons. The Bertz CT molecular complexity index is 628. The third-order valence-electron chi connectivity index (χ3n) is 3.60. The van der Waals surface area contributed by atoms with E-state index in [1.807, 2.05) is 12.1 Å². The Morgan fingerprint density at radius 3 is 2.55 bits per heavy atom. The van der Waals surface area contributed by atoms with Gasteiger partial charge in [0.25, 0.3) is 5.91 Å². The van der Waals surface area contributed by atoms with E-state index >= 15 is 0 Å². The van der Waals surface area contributed by atoms with Gasteiger partial charge < -0.3 is 5.32 Å². The van der Waals surface area contributed by atoms with E-state index in [-0.39, 0.29) is 5.91 Å². The second kappa shape index (κ2) is 7.54. The highest BCUT2D eigenvalue weighted by molar-refractivity contribution is 9.10. The average molecular weight is 390 g/mol. The minimum Gasteiger partial charge on any atom is -0.351 e. The SMILES string of the molecule is CS(=O)(=O)N1CCN(CCNC(=O)c2cccc(Br)c2)CC1. The topological polar surface area (TPSA) is 69.7 Å². The first-order valence-electron chi connectivity index (χ1n) is 7.07. The van der Waals surface area contributed by atoms with Crippen molar-refractivity contribution in [1.82, 2.24) is 14.5 Å². The van der Waals surface area contributed by atoms with Crippen molar-refractivity contribution >= 4 is 31.9 Å². The van der Waals surface area contributed by atoms with E-state index in [0.29, 0.717) is 38.3 Å². The molecule has 2 rings (SSSR count). The monoisotopic (exact) mass is 389 g/mol. The predicted molar refractivity (Wildman–Crippen MR) is 89.3 cm³/mol. The molecule has 1 aromatic rings. The van der Waals surface area contributed by atoms with Crippen molar-refractivity contribution < 1.29 is 13.2 Å². The van der Waals surface area contributed by atoms with Gasteiger partial charge in [-0.3, -0.25) is 9.69 Å². The summed E-state index contributed by atoms with van der Waals surface area (Å²) in [5.41, 5.74) is 0.622. The molecule has 1 heterocycles. The van der Waals surface area contributed by atoms with Gasteiger partial charge in [0.05, 0.1) is 6.26 Å². The van der Waals surface area contributed by atoms with Gasteiger partial charge in [-0.15, -0.1) is 0 Å². The minimum atomic E-state index is -3.09. The molecule has 0 bridgehead atoms. The molecule has 1 N–H and O–H groups in total. The maximum Gasteiger partial charge on any atom is 0.251 e. The average Bonchev–Trinajstić information content (AvgIpc) is 2.47. The molecular weight excluding hydrogens is 370 g/mol. The minimum absolute atomic E-state index is 0.101. The molecule has 0 aliphatic carbocycles. The fourth-order valence-electron chi connectivity index (χ4n) is 2.34. The first-order valence-corrected chi connectivity index (χ1v) is 9.71. The summed E-state index contributed by atoms with van der Waals surface area (Å²) in [6.45, 7) is 3.68. The van der Waals surface area contributed by atoms with Crippen molar-refractivity contribution in [2.24, 2.45) is 0 Å². The van der Waals surface area contributed by atoms with Gasteiger partial charge in [0.2, 0.25) is 10.0 Å². The van der Waals surface area contributed by atoms with Gasteiger partial charge in [-0.1, -0.05) is 22.0 Å². The molecule has 1 aliphatic rings. The number of hydrogen-bond acceptors (Lipinski definition) is 4. The number of amides is 1. The summed E-state index contributed by atoms with van der Waals surface area (Å²) in [5.74, 6) is -0.101. The molecule has 0 unspecified atom stereocenters. The zero-order valence-corrected chi connectivity index (χ0v) is 14.9. The van der Waals surface area contributed by atoms with Crippen LogP contribution in [0.15, 0.2) is 28.7 Å². The summed E-state index contributed by atoms with van der Waals surface area (Å²) in [5, 5.41) is 2.88. The van der Waals surface area contributed by atoms with E-state index < -0.39 is 10.0 Å². The van der Waals surface area contributed by atoms with E-state index in [2.05, 4.69) is 26.1 Å². The highest BCUT2D eigenvalue weighted by Crippen LogP contribution is 2.11. The molecule has 0 spiro atoms. The molecule has 0 aromatic heterocycles. The molecule has 1 amide bonds. The lowest BCUT2D eigenvalue weighted by atomic mass is 10.2. The summed E-state index contributed by atoms with van der Waals surface area (Å²) in [7, 11) is -3.09. The van der Waals surface area contributed by atoms with Crippen molar-refractivity contribution in [2.75, 3.05) is 45.5 Å². The van der Waals surface area contributed by atoms with E-state index in [0.717, 1.165) is 11.0 Å². The Kier molecular flexibility index (Phi) is 5.96. The molecule has 6 nitrogen and oxygen atoms in total. The van der Waals surface area contributed by atoms with E-state index in [4.69, 9.17) is 0 Å². The number of nitrogens with zero attached hydrogens (tertiary/aromatic N) is 2. The third-order valence-corrected chi connectivity index (χ3v) is 5.40. The number of hydrogen-bond donors (Lipinski definition) is 1. The van der Waals surface area contributed by atoms with Gasteiger partial charge in [-0.05, 0) is 18.2 Å². The Morgan fingerprint density at radius 1 is 1.27 bits per heavy atom. The number of nitrogens with one attached hydrogen (secondary N) is 1. The number of halogens is 1. The van der Waals surface area contributed by atoms with Gasteiger partial charge in [-0.25, -0.2) is 8.42 Å². The van der Waals surface area contributed by atoms with Crippen LogP contribution in [0.3, 0.4) is 0 Å². The Morgan fingerprint density at radius 2 is 1.95 bits per heavy atom. The van der Waals surface area contributed by atoms with Crippen LogP contribution in [-0.4, -0.2) is 69.1 Å². The molecule has 8 heteroatoms. The van der Waals surface area contributed by atoms with Crippen molar-refractivity contribution in [1.29, 1.82) is 0 Å². The maximum atomic E-state index is 12.0. The van der Waals surface area contributed by atoms with Crippen LogP contribution < -0.4 is 5.32 Å². The lowest BCUT2D eigenvalue weighted by Gasteiger charge is -2.33. The Hall–Kier alpha value is -0.960. The fraction of sp³-hybridized carbons (Fsp3) is 0.500. The van der Waals surface area contributed by atoms with Crippen LogP contribution in [-0.2, 0) is 10.0 Å². The first-order chi connectivity index (χ1) is 10.4. The molecule has 0 atom stereocenters. The van der Waals surface area contributed by atoms with Crippen LogP contribution in [0.2, 0.25) is 0 Å². The number of carbonyl (C=O) groups is 1. The lowest BCUT2D eigenvalue weighted by Crippen LogP contribution is -2.49. The van der Waals surface area contributed by atoms with Gasteiger partial charge in [-0.2, -0.15) is 4.31 Å². The first kappa shape index (κ1) is 17.4. The second-order valence-electron chi connectivity index (χ2n) is 5.27. The van der Waals surface area contributed by atoms with Gasteiger partial charge >= 0.3 is 0 Å². The standard InChI is InChI=1S/C14H20BrN3O3S/c1-22(20,21)18-9-7-17(8-10-18)6-5-16-14(19)12-3-2-4-13(15)11-12/h2-4,11H,5-10H2,1H3,(H,16,19). The van der Waals surface area contributed by atoms with Crippen molar-refractivity contribution in [3.8, 4) is 0 Å². The number of sulfonamides is 1. The number of rotatable bonds is 5. The lowest BCUT2D eigenvalue weighted by molar-refractivity contribution is 0.0945. The van der Waals surface area contributed by atoms with E-state index in [9.17, 15) is 13.2 Å². The molecule has 1 aliphatic heterocycles. The quantitative estimate of drug-likeness (QED) is 0.806. The van der Waals surface area contributed by atoms with Crippen LogP contribution in [0, 0.1) is 0 Å². The molecule has 122 valence electrons. The van der Waals surface area contributed by atoms with E-state index in [1.54, 1.807) is 12.1 Å². The van der Waals surface area contributed by atoms with Crippen LogP contribution in [0.5, 0.6) is 0 Å². The molecular formula is C14H20BrN3O3S. The van der Waals surface area contributed by atoms with E-state index in [1.165, 1.54) is 10.6 Å². The fourth-order valence-corrected chi connectivity index (χ4v) is 3.57. The summed E-state index contributed by atoms with van der Waals surface area (Å²) in [6.07, 6.45) is 1.24. The molecule has 0 saturated carbocycles. The maximum absolute atomic E-state index is 12.0. The number of piperazine rings is 1. The predicted octanol–water partition coefficient (Wildman–Crippen LogP) is 0.756. The van der Waals surface area contributed by atoms with Gasteiger partial charge in [0.15, 0.2) is 0 Å². The summed E-state index contributed by atoms with van der Waals surface area (Å²) < 4.78 is 25.2. The normalized spacial score (nSPS) is 17.4. The summed E-state index contributed by atoms with van der Waals surface area (Å²) in [4.78, 5) is 14.1. The van der Waals surface area contributed by atoms with Crippen LogP contribution >= 0.6 is 15.9 Å². The number of benzene rings is 1. The highest BCUT2D eigenvalue weighted by atomic mass is 79.9. The van der Waals surface area contributed by atoms with Crippen LogP contribution in [0.1, 0.15) is 10.4 Å². The number of carbonyl (C=O) groups excluding carboxylic acids is 1. The van der Waals surface area contributed by atoms with Gasteiger partial charge in [0, 0.05) is 49.3 Å². The third kappa shape index (κ3) is 5.05. The highest BCUT2D eigenvalue weighted by Gasteiger charge is 2.22. The Balaban J connectivity index is 1.73. The Labute approximate surface area is 139 Å². The van der Waals surface area contributed by atoms with Gasteiger partial charge in [0.1, 0.15) is 0 Å². The summed E-state index contributed by atoms with van der Waals surface area (Å²) >= 11 is 3.34. The molecule has 22 heavy (non-hydrogen) atoms. The van der Waals surface area contributed by atoms with Crippen molar-refractivity contribution in [2.45, 2.75) is 0 Å². The molecule has 1 aromatic carbocycles. The van der Waals surface area contributed by atoms with Crippen LogP contribution in [0.4, 0.5) is 0 Å². The smallest absolute Gasteiger partial charge is 0.251 e. The summed E-state index contributed by atoms with van der Waals surface area (Å²) in [6, 6.07) is 7.24. The molecule has 1 fully saturated rings. The zero-order valence-electron chi connectivity index (χ0n) is 12.5.